The first-order valence-corrected chi connectivity index (χ1v) is 5.61. The molecule has 0 aliphatic heterocycles. The zero-order valence-corrected chi connectivity index (χ0v) is 10.6. The van der Waals surface area contributed by atoms with Crippen LogP contribution in [0.4, 0.5) is 17.6 Å². The minimum Gasteiger partial charge on any atom is -0.384 e. The minimum absolute atomic E-state index is 0.120. The van der Waals surface area contributed by atoms with E-state index in [4.69, 9.17) is 0 Å². The van der Waals surface area contributed by atoms with E-state index in [1.165, 1.54) is 20.0 Å². The van der Waals surface area contributed by atoms with E-state index in [9.17, 15) is 22.7 Å². The number of hydrogen-bond acceptors (Lipinski definition) is 3. The SMILES string of the molecule is CC(C)(O)c1cn(-c2cc(C(F)(F)F)ccc2F)nn1. The molecule has 0 saturated heterocycles. The molecule has 0 amide bonds. The van der Waals surface area contributed by atoms with E-state index in [2.05, 4.69) is 10.3 Å². The van der Waals surface area contributed by atoms with Crippen LogP contribution in [0.5, 0.6) is 0 Å². The first-order chi connectivity index (χ1) is 9.09. The van der Waals surface area contributed by atoms with Crippen molar-refractivity contribution in [2.45, 2.75) is 25.6 Å². The summed E-state index contributed by atoms with van der Waals surface area (Å²) in [6.45, 7) is 2.87. The second-order valence-corrected chi connectivity index (χ2v) is 4.77. The maximum atomic E-state index is 13.6. The van der Waals surface area contributed by atoms with Gasteiger partial charge < -0.3 is 5.11 Å². The summed E-state index contributed by atoms with van der Waals surface area (Å²) in [5.41, 5.74) is -2.58. The van der Waals surface area contributed by atoms with Crippen molar-refractivity contribution in [1.29, 1.82) is 0 Å². The van der Waals surface area contributed by atoms with Crippen LogP contribution in [-0.4, -0.2) is 20.1 Å². The molecule has 0 bridgehead atoms. The van der Waals surface area contributed by atoms with Crippen molar-refractivity contribution < 1.29 is 22.7 Å². The first-order valence-electron chi connectivity index (χ1n) is 5.61. The Morgan fingerprint density at radius 3 is 2.35 bits per heavy atom. The molecule has 0 aliphatic rings. The van der Waals surface area contributed by atoms with E-state index in [0.717, 1.165) is 4.68 Å². The van der Waals surface area contributed by atoms with Gasteiger partial charge in [-0.15, -0.1) is 5.10 Å². The van der Waals surface area contributed by atoms with Gasteiger partial charge in [-0.1, -0.05) is 5.21 Å². The largest absolute Gasteiger partial charge is 0.416 e. The molecule has 0 radical (unpaired) electrons. The Labute approximate surface area is 111 Å². The van der Waals surface area contributed by atoms with Gasteiger partial charge >= 0.3 is 6.18 Å². The van der Waals surface area contributed by atoms with E-state index in [-0.39, 0.29) is 11.4 Å². The summed E-state index contributed by atoms with van der Waals surface area (Å²) in [6.07, 6.45) is -3.40. The standard InChI is InChI=1S/C12H11F4N3O/c1-11(2,20)10-6-19(18-17-10)9-5-7(12(14,15)16)3-4-8(9)13/h3-6,20H,1-2H3. The lowest BCUT2D eigenvalue weighted by atomic mass is 10.1. The van der Waals surface area contributed by atoms with Crippen LogP contribution in [0.15, 0.2) is 24.4 Å². The molecule has 108 valence electrons. The van der Waals surface area contributed by atoms with Gasteiger partial charge in [-0.3, -0.25) is 0 Å². The Balaban J connectivity index is 2.50. The normalized spacial score (nSPS) is 12.8. The zero-order valence-electron chi connectivity index (χ0n) is 10.6. The topological polar surface area (TPSA) is 50.9 Å². The Morgan fingerprint density at radius 1 is 1.20 bits per heavy atom. The fourth-order valence-electron chi connectivity index (χ4n) is 1.53. The molecule has 1 heterocycles. The number of halogens is 4. The highest BCUT2D eigenvalue weighted by Gasteiger charge is 2.31. The third kappa shape index (κ3) is 2.79. The summed E-state index contributed by atoms with van der Waals surface area (Å²) in [5, 5.41) is 16.9. The van der Waals surface area contributed by atoms with Crippen molar-refractivity contribution in [1.82, 2.24) is 15.0 Å². The van der Waals surface area contributed by atoms with Gasteiger partial charge in [-0.2, -0.15) is 13.2 Å². The predicted octanol–water partition coefficient (Wildman–Crippen LogP) is 2.65. The van der Waals surface area contributed by atoms with Crippen LogP contribution in [0.2, 0.25) is 0 Å². The summed E-state index contributed by atoms with van der Waals surface area (Å²) in [5.74, 6) is -0.870. The van der Waals surface area contributed by atoms with Gasteiger partial charge in [0.2, 0.25) is 0 Å². The van der Waals surface area contributed by atoms with Crippen LogP contribution in [0, 0.1) is 5.82 Å². The third-order valence-electron chi connectivity index (χ3n) is 2.64. The van der Waals surface area contributed by atoms with E-state index < -0.39 is 23.2 Å². The summed E-state index contributed by atoms with van der Waals surface area (Å²) < 4.78 is 52.3. The van der Waals surface area contributed by atoms with Gasteiger partial charge in [0.1, 0.15) is 22.8 Å². The van der Waals surface area contributed by atoms with Crippen molar-refractivity contribution in [3.63, 3.8) is 0 Å². The second-order valence-electron chi connectivity index (χ2n) is 4.77. The Morgan fingerprint density at radius 2 is 1.85 bits per heavy atom. The monoisotopic (exact) mass is 289 g/mol. The molecule has 1 N–H and O–H groups in total. The van der Waals surface area contributed by atoms with Crippen molar-refractivity contribution in [2.75, 3.05) is 0 Å². The van der Waals surface area contributed by atoms with E-state index in [1.54, 1.807) is 0 Å². The molecule has 0 saturated carbocycles. The Kier molecular flexibility index (Phi) is 3.29. The Bertz CT molecular complexity index is 628. The molecule has 1 aromatic heterocycles. The fourth-order valence-corrected chi connectivity index (χ4v) is 1.53. The van der Waals surface area contributed by atoms with Crippen LogP contribution in [-0.2, 0) is 11.8 Å². The molecule has 1 aromatic carbocycles. The average Bonchev–Trinajstić information content (AvgIpc) is 2.76. The van der Waals surface area contributed by atoms with Crippen LogP contribution >= 0.6 is 0 Å². The van der Waals surface area contributed by atoms with E-state index in [0.29, 0.717) is 18.2 Å². The smallest absolute Gasteiger partial charge is 0.384 e. The molecule has 0 fully saturated rings. The summed E-state index contributed by atoms with van der Waals surface area (Å²) in [6, 6.07) is 1.99. The number of alkyl halides is 3. The number of nitrogens with zero attached hydrogens (tertiary/aromatic N) is 3. The van der Waals surface area contributed by atoms with Crippen LogP contribution in [0.25, 0.3) is 5.69 Å². The van der Waals surface area contributed by atoms with Crippen molar-refractivity contribution in [3.05, 3.63) is 41.5 Å². The van der Waals surface area contributed by atoms with Crippen LogP contribution in [0.3, 0.4) is 0 Å². The molecule has 0 unspecified atom stereocenters. The molecule has 4 nitrogen and oxygen atoms in total. The van der Waals surface area contributed by atoms with E-state index >= 15 is 0 Å². The minimum atomic E-state index is -4.58. The van der Waals surface area contributed by atoms with Crippen molar-refractivity contribution >= 4 is 0 Å². The first kappa shape index (κ1) is 14.4. The van der Waals surface area contributed by atoms with Gasteiger partial charge in [0.15, 0.2) is 0 Å². The predicted molar refractivity (Wildman–Crippen MR) is 61.6 cm³/mol. The van der Waals surface area contributed by atoms with Crippen molar-refractivity contribution in [2.24, 2.45) is 0 Å². The van der Waals surface area contributed by atoms with E-state index in [1.807, 2.05) is 0 Å². The van der Waals surface area contributed by atoms with Crippen LogP contribution < -0.4 is 0 Å². The highest BCUT2D eigenvalue weighted by Crippen LogP contribution is 2.31. The molecule has 0 aliphatic carbocycles. The maximum Gasteiger partial charge on any atom is 0.416 e. The van der Waals surface area contributed by atoms with Crippen LogP contribution in [0.1, 0.15) is 25.1 Å². The highest BCUT2D eigenvalue weighted by molar-refractivity contribution is 5.38. The quantitative estimate of drug-likeness (QED) is 0.865. The molecular weight excluding hydrogens is 278 g/mol. The molecular formula is C12H11F4N3O. The zero-order chi connectivity index (χ0) is 15.1. The lowest BCUT2D eigenvalue weighted by Gasteiger charge is -2.12. The number of benzene rings is 1. The fraction of sp³-hybridized carbons (Fsp3) is 0.333. The Hall–Kier alpha value is -1.96. The maximum absolute atomic E-state index is 13.6. The van der Waals surface area contributed by atoms with Gasteiger partial charge in [-0.05, 0) is 32.0 Å². The van der Waals surface area contributed by atoms with Gasteiger partial charge in [0.25, 0.3) is 0 Å². The summed E-state index contributed by atoms with van der Waals surface area (Å²) >= 11 is 0. The average molecular weight is 289 g/mol. The third-order valence-corrected chi connectivity index (χ3v) is 2.64. The summed E-state index contributed by atoms with van der Waals surface area (Å²) in [4.78, 5) is 0. The molecule has 2 rings (SSSR count). The number of aliphatic hydroxyl groups is 1. The lowest BCUT2D eigenvalue weighted by molar-refractivity contribution is -0.137. The molecule has 2 aromatic rings. The lowest BCUT2D eigenvalue weighted by Crippen LogP contribution is -2.15. The molecule has 8 heteroatoms. The van der Waals surface area contributed by atoms with Gasteiger partial charge in [0.05, 0.1) is 11.8 Å². The second kappa shape index (κ2) is 4.55. The molecule has 20 heavy (non-hydrogen) atoms. The number of hydrogen-bond donors (Lipinski definition) is 1. The van der Waals surface area contributed by atoms with Gasteiger partial charge in [0, 0.05) is 0 Å². The number of aromatic nitrogens is 3. The highest BCUT2D eigenvalue weighted by atomic mass is 19.4. The van der Waals surface area contributed by atoms with Gasteiger partial charge in [-0.25, -0.2) is 9.07 Å². The molecule has 0 spiro atoms. The number of rotatable bonds is 2. The summed E-state index contributed by atoms with van der Waals surface area (Å²) in [7, 11) is 0. The molecule has 0 atom stereocenters. The van der Waals surface area contributed by atoms with Crippen molar-refractivity contribution in [3.8, 4) is 5.69 Å².